The van der Waals surface area contributed by atoms with Crippen molar-refractivity contribution in [3.05, 3.63) is 47.0 Å². The number of carbonyl (C=O) groups excluding carboxylic acids is 1. The van der Waals surface area contributed by atoms with Gasteiger partial charge < -0.3 is 24.7 Å². The number of benzene rings is 2. The minimum Gasteiger partial charge on any atom is -0.495 e. The molecule has 26 heavy (non-hydrogen) atoms. The molecule has 1 aliphatic heterocycles. The molecule has 6 nitrogen and oxygen atoms in total. The summed E-state index contributed by atoms with van der Waals surface area (Å²) in [6.45, 7) is 2.09. The van der Waals surface area contributed by atoms with Gasteiger partial charge in [-0.15, -0.1) is 0 Å². The molecular weight excluding hydrogens is 334 g/mol. The van der Waals surface area contributed by atoms with Crippen LogP contribution in [-0.4, -0.2) is 26.8 Å². The molecule has 0 saturated heterocycles. The van der Waals surface area contributed by atoms with E-state index < -0.39 is 0 Å². The van der Waals surface area contributed by atoms with Gasteiger partial charge in [0.25, 0.3) is 0 Å². The van der Waals surface area contributed by atoms with Crippen LogP contribution in [0.4, 0.5) is 5.69 Å². The summed E-state index contributed by atoms with van der Waals surface area (Å²) in [5.74, 6) is 2.16. The molecule has 2 aromatic carbocycles. The largest absolute Gasteiger partial charge is 0.495 e. The molecule has 0 atom stereocenters. The molecule has 0 fully saturated rings. The number of allylic oxidation sites excluding steroid dienone is 1. The number of nitrogens with two attached hydrogens (primary N) is 1. The van der Waals surface area contributed by atoms with Crippen molar-refractivity contribution in [1.29, 1.82) is 0 Å². The molecule has 0 radical (unpaired) electrons. The quantitative estimate of drug-likeness (QED) is 0.484. The molecule has 2 aromatic rings. The topological polar surface area (TPSA) is 80.0 Å². The van der Waals surface area contributed by atoms with Crippen LogP contribution < -0.4 is 24.7 Å². The fourth-order valence-corrected chi connectivity index (χ4v) is 2.80. The number of anilines is 1. The van der Waals surface area contributed by atoms with Gasteiger partial charge in [0.1, 0.15) is 5.75 Å². The normalized spacial score (nSPS) is 12.8. The van der Waals surface area contributed by atoms with Crippen molar-refractivity contribution in [1.82, 2.24) is 0 Å². The lowest BCUT2D eigenvalue weighted by Gasteiger charge is -2.10. The van der Waals surface area contributed by atoms with E-state index in [4.69, 9.17) is 24.7 Å². The number of rotatable bonds is 6. The average molecular weight is 355 g/mol. The van der Waals surface area contributed by atoms with Crippen molar-refractivity contribution in [3.63, 3.8) is 0 Å². The van der Waals surface area contributed by atoms with Crippen LogP contribution in [0.5, 0.6) is 23.0 Å². The van der Waals surface area contributed by atoms with Crippen LogP contribution in [0, 0.1) is 0 Å². The molecule has 0 unspecified atom stereocenters. The average Bonchev–Trinajstić information content (AvgIpc) is 3.13. The van der Waals surface area contributed by atoms with Gasteiger partial charge in [-0.3, -0.25) is 4.79 Å². The standard InChI is InChI=1S/C20H21NO5/c1-4-13(19(22)14-5-6-15(21)16(10-14)23-2)7-12-8-17(24-3)20-18(9-12)25-11-26-20/h5-10H,4,11,21H2,1-3H3/b13-7+. The Morgan fingerprint density at radius 1 is 1.15 bits per heavy atom. The Kier molecular flexibility index (Phi) is 5.02. The highest BCUT2D eigenvalue weighted by atomic mass is 16.7. The molecule has 136 valence electrons. The predicted molar refractivity (Wildman–Crippen MR) is 99.1 cm³/mol. The molecule has 3 rings (SSSR count). The van der Waals surface area contributed by atoms with E-state index in [-0.39, 0.29) is 12.6 Å². The van der Waals surface area contributed by atoms with Crippen molar-refractivity contribution >= 4 is 17.5 Å². The van der Waals surface area contributed by atoms with Crippen LogP contribution in [0.2, 0.25) is 0 Å². The first-order chi connectivity index (χ1) is 12.6. The number of carbonyl (C=O) groups is 1. The van der Waals surface area contributed by atoms with E-state index in [2.05, 4.69) is 0 Å². The number of nitrogen functional groups attached to an aromatic ring is 1. The Balaban J connectivity index is 1.97. The second kappa shape index (κ2) is 7.39. The van der Waals surface area contributed by atoms with Gasteiger partial charge in [0.15, 0.2) is 17.3 Å². The van der Waals surface area contributed by atoms with Crippen molar-refractivity contribution in [2.75, 3.05) is 26.7 Å². The van der Waals surface area contributed by atoms with E-state index in [1.54, 1.807) is 25.3 Å². The van der Waals surface area contributed by atoms with Gasteiger partial charge in [-0.1, -0.05) is 6.92 Å². The van der Waals surface area contributed by atoms with Crippen LogP contribution in [-0.2, 0) is 0 Å². The first-order valence-electron chi connectivity index (χ1n) is 8.23. The maximum atomic E-state index is 12.9. The molecule has 0 aliphatic carbocycles. The summed E-state index contributed by atoms with van der Waals surface area (Å²) in [6, 6.07) is 8.67. The second-order valence-electron chi connectivity index (χ2n) is 5.77. The van der Waals surface area contributed by atoms with E-state index in [1.165, 1.54) is 7.11 Å². The Morgan fingerprint density at radius 2 is 1.92 bits per heavy atom. The van der Waals surface area contributed by atoms with Crippen LogP contribution >= 0.6 is 0 Å². The number of fused-ring (bicyclic) bond motifs is 1. The van der Waals surface area contributed by atoms with Crippen LogP contribution in [0.25, 0.3) is 6.08 Å². The SMILES string of the molecule is CC/C(=C\c1cc(OC)c2c(c1)OCO2)C(=O)c1ccc(N)c(OC)c1. The van der Waals surface area contributed by atoms with Gasteiger partial charge in [0, 0.05) is 11.1 Å². The van der Waals surface area contributed by atoms with Crippen LogP contribution in [0.3, 0.4) is 0 Å². The number of hydrogen-bond acceptors (Lipinski definition) is 6. The van der Waals surface area contributed by atoms with Gasteiger partial charge in [-0.2, -0.15) is 0 Å². The van der Waals surface area contributed by atoms with Gasteiger partial charge in [0.2, 0.25) is 12.5 Å². The molecule has 6 heteroatoms. The lowest BCUT2D eigenvalue weighted by Crippen LogP contribution is -2.04. The molecule has 0 saturated carbocycles. The highest BCUT2D eigenvalue weighted by Crippen LogP contribution is 2.42. The first-order valence-corrected chi connectivity index (χ1v) is 8.23. The maximum Gasteiger partial charge on any atom is 0.231 e. The van der Waals surface area contributed by atoms with Gasteiger partial charge in [0.05, 0.1) is 19.9 Å². The Hall–Kier alpha value is -3.15. The molecule has 0 amide bonds. The van der Waals surface area contributed by atoms with Gasteiger partial charge in [-0.25, -0.2) is 0 Å². The molecule has 0 aromatic heterocycles. The Labute approximate surface area is 152 Å². The van der Waals surface area contributed by atoms with Crippen LogP contribution in [0.1, 0.15) is 29.3 Å². The Bertz CT molecular complexity index is 873. The second-order valence-corrected chi connectivity index (χ2v) is 5.77. The summed E-state index contributed by atoms with van der Waals surface area (Å²) in [5.41, 5.74) is 8.30. The number of ketones is 1. The van der Waals surface area contributed by atoms with Crippen molar-refractivity contribution < 1.29 is 23.7 Å². The molecule has 1 aliphatic rings. The summed E-state index contributed by atoms with van der Waals surface area (Å²) in [4.78, 5) is 12.9. The lowest BCUT2D eigenvalue weighted by molar-refractivity contribution is 0.103. The van der Waals surface area contributed by atoms with E-state index in [1.807, 2.05) is 25.1 Å². The van der Waals surface area contributed by atoms with E-state index in [0.29, 0.717) is 46.2 Å². The zero-order chi connectivity index (χ0) is 18.7. The van der Waals surface area contributed by atoms with E-state index in [9.17, 15) is 4.79 Å². The third-order valence-electron chi connectivity index (χ3n) is 4.19. The number of methoxy groups -OCH3 is 2. The lowest BCUT2D eigenvalue weighted by atomic mass is 9.98. The third-order valence-corrected chi connectivity index (χ3v) is 4.19. The zero-order valence-corrected chi connectivity index (χ0v) is 15.0. The molecule has 1 heterocycles. The fraction of sp³-hybridized carbons (Fsp3) is 0.250. The number of ether oxygens (including phenoxy) is 4. The minimum atomic E-state index is -0.0811. The van der Waals surface area contributed by atoms with E-state index in [0.717, 1.165) is 5.56 Å². The summed E-state index contributed by atoms with van der Waals surface area (Å²) in [7, 11) is 3.09. The predicted octanol–water partition coefficient (Wildman–Crippen LogP) is 3.69. The Morgan fingerprint density at radius 3 is 2.62 bits per heavy atom. The number of hydrogen-bond donors (Lipinski definition) is 1. The molecule has 0 spiro atoms. The zero-order valence-electron chi connectivity index (χ0n) is 15.0. The van der Waals surface area contributed by atoms with Crippen molar-refractivity contribution in [2.45, 2.75) is 13.3 Å². The summed E-state index contributed by atoms with van der Waals surface area (Å²) < 4.78 is 21.4. The summed E-state index contributed by atoms with van der Waals surface area (Å²) in [6.07, 6.45) is 2.40. The first kappa shape index (κ1) is 17.7. The highest BCUT2D eigenvalue weighted by Gasteiger charge is 2.20. The van der Waals surface area contributed by atoms with Gasteiger partial charge >= 0.3 is 0 Å². The highest BCUT2D eigenvalue weighted by molar-refractivity contribution is 6.11. The summed E-state index contributed by atoms with van der Waals surface area (Å²) >= 11 is 0. The monoisotopic (exact) mass is 355 g/mol. The smallest absolute Gasteiger partial charge is 0.231 e. The van der Waals surface area contributed by atoms with Crippen molar-refractivity contribution in [2.24, 2.45) is 0 Å². The van der Waals surface area contributed by atoms with Gasteiger partial charge in [-0.05, 0) is 48.4 Å². The van der Waals surface area contributed by atoms with Crippen LogP contribution in [0.15, 0.2) is 35.9 Å². The van der Waals surface area contributed by atoms with E-state index >= 15 is 0 Å². The number of Topliss-reactive ketones (excluding diaryl/α,β-unsaturated/α-hetero) is 1. The fourth-order valence-electron chi connectivity index (χ4n) is 2.80. The molecule has 2 N–H and O–H groups in total. The molecular formula is C20H21NO5. The minimum absolute atomic E-state index is 0.0811. The third kappa shape index (κ3) is 3.31. The van der Waals surface area contributed by atoms with Crippen molar-refractivity contribution in [3.8, 4) is 23.0 Å². The maximum absolute atomic E-state index is 12.9. The molecule has 0 bridgehead atoms. The summed E-state index contributed by atoms with van der Waals surface area (Å²) in [5, 5.41) is 0.